The molecule has 0 unspecified atom stereocenters. The molecule has 0 radical (unpaired) electrons. The van der Waals surface area contributed by atoms with Crippen LogP contribution in [0.4, 0.5) is 0 Å². The van der Waals surface area contributed by atoms with Gasteiger partial charge in [0.05, 0.1) is 18.1 Å². The van der Waals surface area contributed by atoms with E-state index >= 15 is 0 Å². The summed E-state index contributed by atoms with van der Waals surface area (Å²) < 4.78 is 33.0. The quantitative estimate of drug-likeness (QED) is 0.497. The molecule has 8 nitrogen and oxygen atoms in total. The molecule has 1 aliphatic heterocycles. The first kappa shape index (κ1) is 23.2. The van der Waals surface area contributed by atoms with Gasteiger partial charge in [0.15, 0.2) is 0 Å². The van der Waals surface area contributed by atoms with Gasteiger partial charge in [-0.3, -0.25) is 4.79 Å². The van der Waals surface area contributed by atoms with E-state index in [4.69, 9.17) is 10.5 Å². The Hall–Kier alpha value is -2.46. The molecule has 0 bridgehead atoms. The molecule has 4 N–H and O–H groups in total. The third-order valence-corrected chi connectivity index (χ3v) is 7.25. The molecule has 1 fully saturated rings. The molecule has 168 valence electrons. The summed E-state index contributed by atoms with van der Waals surface area (Å²) in [6, 6.07) is 14.6. The number of aliphatic hydroxyl groups is 1. The molecule has 1 heterocycles. The van der Waals surface area contributed by atoms with Crippen molar-refractivity contribution in [2.45, 2.75) is 42.3 Å². The maximum atomic E-state index is 13.3. The number of carbonyl (C=O) groups excluding carboxylic acids is 1. The SMILES string of the molecule is COc1ccc(S(=O)(=O)N(C[C@@H]2CCC(=O)N2)C[C@@H](O)[C@@H](N)Cc2ccccc2)cc1. The number of rotatable bonds is 10. The number of nitrogens with zero attached hydrogens (tertiary/aromatic N) is 1. The Bertz CT molecular complexity index is 966. The Morgan fingerprint density at radius 1 is 1.19 bits per heavy atom. The van der Waals surface area contributed by atoms with Gasteiger partial charge in [-0.1, -0.05) is 30.3 Å². The zero-order chi connectivity index (χ0) is 22.4. The van der Waals surface area contributed by atoms with Gasteiger partial charge in [0, 0.05) is 31.6 Å². The Balaban J connectivity index is 1.78. The summed E-state index contributed by atoms with van der Waals surface area (Å²) in [6.07, 6.45) is 0.236. The lowest BCUT2D eigenvalue weighted by Gasteiger charge is -2.29. The second-order valence-corrected chi connectivity index (χ2v) is 9.66. The van der Waals surface area contributed by atoms with Crippen LogP contribution in [0.15, 0.2) is 59.5 Å². The Labute approximate surface area is 183 Å². The number of benzene rings is 2. The predicted octanol–water partition coefficient (Wildman–Crippen LogP) is 0.895. The van der Waals surface area contributed by atoms with Crippen LogP contribution in [0, 0.1) is 0 Å². The molecule has 1 saturated heterocycles. The lowest BCUT2D eigenvalue weighted by molar-refractivity contribution is -0.119. The Morgan fingerprint density at radius 3 is 2.45 bits per heavy atom. The highest BCUT2D eigenvalue weighted by molar-refractivity contribution is 7.89. The van der Waals surface area contributed by atoms with Crippen LogP contribution in [0.5, 0.6) is 5.75 Å². The van der Waals surface area contributed by atoms with Crippen molar-refractivity contribution in [1.29, 1.82) is 0 Å². The van der Waals surface area contributed by atoms with E-state index in [0.29, 0.717) is 25.0 Å². The van der Waals surface area contributed by atoms with E-state index in [1.54, 1.807) is 12.1 Å². The van der Waals surface area contributed by atoms with Crippen molar-refractivity contribution < 1.29 is 23.1 Å². The van der Waals surface area contributed by atoms with Crippen LogP contribution in [0.2, 0.25) is 0 Å². The van der Waals surface area contributed by atoms with Crippen LogP contribution >= 0.6 is 0 Å². The van der Waals surface area contributed by atoms with Crippen LogP contribution in [0.3, 0.4) is 0 Å². The normalized spacial score (nSPS) is 18.6. The number of carbonyl (C=O) groups is 1. The third kappa shape index (κ3) is 6.04. The zero-order valence-electron chi connectivity index (χ0n) is 17.5. The molecule has 0 aliphatic carbocycles. The molecule has 0 aromatic heterocycles. The molecule has 2 aromatic carbocycles. The number of aliphatic hydroxyl groups excluding tert-OH is 1. The van der Waals surface area contributed by atoms with Gasteiger partial charge in [-0.2, -0.15) is 4.31 Å². The molecule has 1 aliphatic rings. The van der Waals surface area contributed by atoms with E-state index in [1.165, 1.54) is 23.5 Å². The summed E-state index contributed by atoms with van der Waals surface area (Å²) in [5.74, 6) is 0.437. The number of sulfonamides is 1. The molecule has 0 spiro atoms. The van der Waals surface area contributed by atoms with Crippen molar-refractivity contribution in [1.82, 2.24) is 9.62 Å². The van der Waals surface area contributed by atoms with Crippen LogP contribution in [-0.2, 0) is 21.2 Å². The highest BCUT2D eigenvalue weighted by Gasteiger charge is 2.33. The summed E-state index contributed by atoms with van der Waals surface area (Å²) in [7, 11) is -2.42. The van der Waals surface area contributed by atoms with Gasteiger partial charge >= 0.3 is 0 Å². The van der Waals surface area contributed by atoms with Crippen LogP contribution in [0.25, 0.3) is 0 Å². The van der Waals surface area contributed by atoms with Gasteiger partial charge < -0.3 is 20.9 Å². The van der Waals surface area contributed by atoms with Gasteiger partial charge in [0.2, 0.25) is 15.9 Å². The molecule has 1 amide bonds. The van der Waals surface area contributed by atoms with E-state index in [2.05, 4.69) is 5.32 Å². The minimum atomic E-state index is -3.92. The molecule has 2 aromatic rings. The van der Waals surface area contributed by atoms with Crippen molar-refractivity contribution >= 4 is 15.9 Å². The maximum Gasteiger partial charge on any atom is 0.243 e. The molecular formula is C22H29N3O5S. The van der Waals surface area contributed by atoms with Crippen molar-refractivity contribution in [3.05, 3.63) is 60.2 Å². The summed E-state index contributed by atoms with van der Waals surface area (Å²) in [4.78, 5) is 11.7. The zero-order valence-corrected chi connectivity index (χ0v) is 18.3. The van der Waals surface area contributed by atoms with E-state index in [-0.39, 0.29) is 29.9 Å². The highest BCUT2D eigenvalue weighted by atomic mass is 32.2. The summed E-state index contributed by atoms with van der Waals surface area (Å²) in [5, 5.41) is 13.5. The number of ether oxygens (including phenoxy) is 1. The number of hydrogen-bond donors (Lipinski definition) is 3. The minimum Gasteiger partial charge on any atom is -0.497 e. The average Bonchev–Trinajstić information content (AvgIpc) is 3.18. The summed E-state index contributed by atoms with van der Waals surface area (Å²) in [5.41, 5.74) is 7.15. The topological polar surface area (TPSA) is 122 Å². The maximum absolute atomic E-state index is 13.3. The van der Waals surface area contributed by atoms with Gasteiger partial charge in [0.1, 0.15) is 5.75 Å². The Kier molecular flexibility index (Phi) is 7.66. The molecule has 31 heavy (non-hydrogen) atoms. The third-order valence-electron chi connectivity index (χ3n) is 5.41. The van der Waals surface area contributed by atoms with Gasteiger partial charge in [-0.05, 0) is 42.7 Å². The predicted molar refractivity (Wildman–Crippen MR) is 117 cm³/mol. The number of nitrogens with two attached hydrogens (primary N) is 1. The average molecular weight is 448 g/mol. The first-order chi connectivity index (χ1) is 14.8. The van der Waals surface area contributed by atoms with E-state index in [9.17, 15) is 18.3 Å². The van der Waals surface area contributed by atoms with Gasteiger partial charge in [-0.15, -0.1) is 0 Å². The van der Waals surface area contributed by atoms with Gasteiger partial charge in [0.25, 0.3) is 0 Å². The van der Waals surface area contributed by atoms with Crippen LogP contribution in [-0.4, -0.2) is 62.1 Å². The van der Waals surface area contributed by atoms with Crippen molar-refractivity contribution in [3.8, 4) is 5.75 Å². The molecule has 0 saturated carbocycles. The number of hydrogen-bond acceptors (Lipinski definition) is 6. The van der Waals surface area contributed by atoms with E-state index in [0.717, 1.165) is 5.56 Å². The first-order valence-corrected chi connectivity index (χ1v) is 11.6. The van der Waals surface area contributed by atoms with E-state index < -0.39 is 22.2 Å². The fraction of sp³-hybridized carbons (Fsp3) is 0.409. The fourth-order valence-corrected chi connectivity index (χ4v) is 5.10. The molecule has 3 atom stereocenters. The smallest absolute Gasteiger partial charge is 0.243 e. The van der Waals surface area contributed by atoms with Crippen molar-refractivity contribution in [2.24, 2.45) is 5.73 Å². The second kappa shape index (κ2) is 10.2. The van der Waals surface area contributed by atoms with Crippen LogP contribution in [0.1, 0.15) is 18.4 Å². The molecule has 9 heteroatoms. The minimum absolute atomic E-state index is 0.0647. The lowest BCUT2D eigenvalue weighted by Crippen LogP contribution is -2.49. The van der Waals surface area contributed by atoms with Gasteiger partial charge in [-0.25, -0.2) is 8.42 Å². The Morgan fingerprint density at radius 2 is 1.87 bits per heavy atom. The number of nitrogens with one attached hydrogen (secondary N) is 1. The number of amides is 1. The monoisotopic (exact) mass is 447 g/mol. The van der Waals surface area contributed by atoms with Crippen molar-refractivity contribution in [2.75, 3.05) is 20.2 Å². The molecular weight excluding hydrogens is 418 g/mol. The summed E-state index contributed by atoms with van der Waals surface area (Å²) in [6.45, 7) is -0.107. The van der Waals surface area contributed by atoms with E-state index in [1.807, 2.05) is 30.3 Å². The first-order valence-electron chi connectivity index (χ1n) is 10.2. The molecule has 3 rings (SSSR count). The fourth-order valence-electron chi connectivity index (χ4n) is 3.59. The number of methoxy groups -OCH3 is 1. The highest BCUT2D eigenvalue weighted by Crippen LogP contribution is 2.22. The second-order valence-electron chi connectivity index (χ2n) is 7.72. The largest absolute Gasteiger partial charge is 0.497 e. The van der Waals surface area contributed by atoms with Crippen molar-refractivity contribution in [3.63, 3.8) is 0 Å². The van der Waals surface area contributed by atoms with Crippen LogP contribution < -0.4 is 15.8 Å². The standard InChI is InChI=1S/C22H29N3O5S/c1-30-18-8-10-19(11-9-18)31(28,29)25(14-17-7-12-22(27)24-17)15-21(26)20(23)13-16-5-3-2-4-6-16/h2-6,8-11,17,20-21,26H,7,12-15,23H2,1H3,(H,24,27)/t17-,20-,21+/m0/s1. The lowest BCUT2D eigenvalue weighted by atomic mass is 10.0. The summed E-state index contributed by atoms with van der Waals surface area (Å²) >= 11 is 0.